The van der Waals surface area contributed by atoms with Crippen molar-refractivity contribution in [1.29, 1.82) is 0 Å². The van der Waals surface area contributed by atoms with Crippen molar-refractivity contribution in [3.8, 4) is 5.75 Å². The van der Waals surface area contributed by atoms with Gasteiger partial charge in [0.25, 0.3) is 0 Å². The monoisotopic (exact) mass is 447 g/mol. The minimum absolute atomic E-state index is 0.0241. The molecule has 5 nitrogen and oxygen atoms in total. The molecular weight excluding hydrogens is 417 g/mol. The predicted octanol–water partition coefficient (Wildman–Crippen LogP) is 3.62. The van der Waals surface area contributed by atoms with Gasteiger partial charge in [-0.25, -0.2) is 4.39 Å². The molecule has 6 heteroatoms. The van der Waals surface area contributed by atoms with Gasteiger partial charge in [-0.05, 0) is 47.7 Å². The van der Waals surface area contributed by atoms with Gasteiger partial charge in [0.1, 0.15) is 11.6 Å². The maximum absolute atomic E-state index is 13.9. The SMILES string of the molecule is O=C(NCCc1ccccc1F)[C@@H]1C[C@H](NCc2cccc(O)c2)CN1Cc1ccccc1. The van der Waals surface area contributed by atoms with Gasteiger partial charge in [-0.15, -0.1) is 0 Å². The summed E-state index contributed by atoms with van der Waals surface area (Å²) in [6.07, 6.45) is 1.15. The second kappa shape index (κ2) is 11.1. The Bertz CT molecular complexity index is 1060. The topological polar surface area (TPSA) is 64.6 Å². The van der Waals surface area contributed by atoms with Crippen LogP contribution in [0.3, 0.4) is 0 Å². The molecule has 33 heavy (non-hydrogen) atoms. The van der Waals surface area contributed by atoms with Gasteiger partial charge in [0, 0.05) is 32.2 Å². The molecule has 0 spiro atoms. The third kappa shape index (κ3) is 6.40. The van der Waals surface area contributed by atoms with Gasteiger partial charge < -0.3 is 15.7 Å². The zero-order chi connectivity index (χ0) is 23.0. The molecule has 0 saturated carbocycles. The first-order valence-corrected chi connectivity index (χ1v) is 11.4. The molecule has 0 aliphatic carbocycles. The van der Waals surface area contributed by atoms with Crippen LogP contribution < -0.4 is 10.6 Å². The number of amides is 1. The zero-order valence-corrected chi connectivity index (χ0v) is 18.6. The second-order valence-corrected chi connectivity index (χ2v) is 8.55. The van der Waals surface area contributed by atoms with Crippen LogP contribution in [0.4, 0.5) is 4.39 Å². The van der Waals surface area contributed by atoms with Crippen LogP contribution in [0, 0.1) is 5.82 Å². The van der Waals surface area contributed by atoms with E-state index in [4.69, 9.17) is 0 Å². The van der Waals surface area contributed by atoms with Crippen LogP contribution in [0.25, 0.3) is 0 Å². The van der Waals surface area contributed by atoms with Crippen molar-refractivity contribution in [2.24, 2.45) is 0 Å². The molecule has 0 unspecified atom stereocenters. The first kappa shape index (κ1) is 23.0. The molecule has 1 saturated heterocycles. The predicted molar refractivity (Wildman–Crippen MR) is 127 cm³/mol. The number of hydrogen-bond donors (Lipinski definition) is 3. The summed E-state index contributed by atoms with van der Waals surface area (Å²) in [5.74, 6) is -0.0167. The molecule has 1 amide bonds. The van der Waals surface area contributed by atoms with Crippen LogP contribution in [0.2, 0.25) is 0 Å². The number of hydrogen-bond acceptors (Lipinski definition) is 4. The van der Waals surface area contributed by atoms with E-state index in [2.05, 4.69) is 27.7 Å². The largest absolute Gasteiger partial charge is 0.508 e. The highest BCUT2D eigenvalue weighted by molar-refractivity contribution is 5.82. The molecule has 1 fully saturated rings. The summed E-state index contributed by atoms with van der Waals surface area (Å²) in [5.41, 5.74) is 2.77. The standard InChI is InChI=1S/C27H30FN3O2/c28-25-12-5-4-10-22(25)13-14-29-27(33)26-16-23(30-17-21-9-6-11-24(32)15-21)19-31(26)18-20-7-2-1-3-8-20/h1-12,15,23,26,30,32H,13-14,16-19H2,(H,29,33)/t23-,26-/m0/s1. The Labute approximate surface area is 194 Å². The van der Waals surface area contributed by atoms with Gasteiger partial charge >= 0.3 is 0 Å². The number of carbonyl (C=O) groups is 1. The van der Waals surface area contributed by atoms with Gasteiger partial charge in [0.2, 0.25) is 5.91 Å². The second-order valence-electron chi connectivity index (χ2n) is 8.55. The maximum atomic E-state index is 13.9. The molecular formula is C27H30FN3O2. The highest BCUT2D eigenvalue weighted by Crippen LogP contribution is 2.22. The number of nitrogens with zero attached hydrogens (tertiary/aromatic N) is 1. The average molecular weight is 448 g/mol. The first-order valence-electron chi connectivity index (χ1n) is 11.4. The number of phenols is 1. The average Bonchev–Trinajstić information content (AvgIpc) is 3.22. The van der Waals surface area contributed by atoms with Crippen molar-refractivity contribution in [2.45, 2.75) is 38.0 Å². The fourth-order valence-electron chi connectivity index (χ4n) is 4.38. The molecule has 1 aliphatic heterocycles. The molecule has 3 N–H and O–H groups in total. The van der Waals surface area contributed by atoms with Crippen molar-refractivity contribution in [3.05, 3.63) is 101 Å². The lowest BCUT2D eigenvalue weighted by Gasteiger charge is -2.23. The van der Waals surface area contributed by atoms with E-state index >= 15 is 0 Å². The van der Waals surface area contributed by atoms with Gasteiger partial charge in [-0.1, -0.05) is 60.7 Å². The van der Waals surface area contributed by atoms with E-state index in [0.717, 1.165) is 17.7 Å². The van der Waals surface area contributed by atoms with Crippen LogP contribution in [0.15, 0.2) is 78.9 Å². The number of likely N-dealkylation sites (tertiary alicyclic amines) is 1. The van der Waals surface area contributed by atoms with Crippen molar-refractivity contribution < 1.29 is 14.3 Å². The molecule has 3 aromatic carbocycles. The minimum Gasteiger partial charge on any atom is -0.508 e. The van der Waals surface area contributed by atoms with Crippen LogP contribution in [0.1, 0.15) is 23.1 Å². The number of phenolic OH excluding ortho intramolecular Hbond substituents is 1. The lowest BCUT2D eigenvalue weighted by Crippen LogP contribution is -2.43. The van der Waals surface area contributed by atoms with E-state index in [-0.39, 0.29) is 29.6 Å². The van der Waals surface area contributed by atoms with Gasteiger partial charge in [-0.3, -0.25) is 9.69 Å². The Morgan fingerprint density at radius 1 is 1.00 bits per heavy atom. The van der Waals surface area contributed by atoms with E-state index in [1.165, 1.54) is 6.07 Å². The number of nitrogens with one attached hydrogen (secondary N) is 2. The molecule has 1 heterocycles. The summed E-state index contributed by atoms with van der Waals surface area (Å²) >= 11 is 0. The number of rotatable bonds is 9. The summed E-state index contributed by atoms with van der Waals surface area (Å²) in [5, 5.41) is 16.2. The highest BCUT2D eigenvalue weighted by atomic mass is 19.1. The third-order valence-electron chi connectivity index (χ3n) is 6.09. The summed E-state index contributed by atoms with van der Waals surface area (Å²) in [7, 11) is 0. The summed E-state index contributed by atoms with van der Waals surface area (Å²) in [6, 6.07) is 23.9. The minimum atomic E-state index is -0.257. The zero-order valence-electron chi connectivity index (χ0n) is 18.6. The molecule has 0 aromatic heterocycles. The Morgan fingerprint density at radius 2 is 1.76 bits per heavy atom. The molecule has 4 rings (SSSR count). The highest BCUT2D eigenvalue weighted by Gasteiger charge is 2.36. The lowest BCUT2D eigenvalue weighted by molar-refractivity contribution is -0.125. The quantitative estimate of drug-likeness (QED) is 0.469. The van der Waals surface area contributed by atoms with Crippen LogP contribution >= 0.6 is 0 Å². The van der Waals surface area contributed by atoms with Gasteiger partial charge in [0.05, 0.1) is 6.04 Å². The van der Waals surface area contributed by atoms with Crippen LogP contribution in [-0.2, 0) is 24.3 Å². The van der Waals surface area contributed by atoms with E-state index in [1.807, 2.05) is 36.4 Å². The Hall–Kier alpha value is -3.22. The van der Waals surface area contributed by atoms with E-state index in [1.54, 1.807) is 24.3 Å². The summed E-state index contributed by atoms with van der Waals surface area (Å²) in [6.45, 7) is 2.46. The third-order valence-corrected chi connectivity index (χ3v) is 6.09. The van der Waals surface area contributed by atoms with E-state index in [9.17, 15) is 14.3 Å². The molecule has 2 atom stereocenters. The number of carbonyl (C=O) groups excluding carboxylic acids is 1. The van der Waals surface area contributed by atoms with Gasteiger partial charge in [0.15, 0.2) is 0 Å². The van der Waals surface area contributed by atoms with E-state index < -0.39 is 0 Å². The molecule has 3 aromatic rings. The van der Waals surface area contributed by atoms with Gasteiger partial charge in [-0.2, -0.15) is 0 Å². The van der Waals surface area contributed by atoms with Crippen LogP contribution in [0.5, 0.6) is 5.75 Å². The molecule has 1 aliphatic rings. The fraction of sp³-hybridized carbons (Fsp3) is 0.296. The summed E-state index contributed by atoms with van der Waals surface area (Å²) < 4.78 is 13.9. The Morgan fingerprint density at radius 3 is 2.55 bits per heavy atom. The number of benzene rings is 3. The Kier molecular flexibility index (Phi) is 7.70. The van der Waals surface area contributed by atoms with E-state index in [0.29, 0.717) is 38.0 Å². The van der Waals surface area contributed by atoms with Crippen molar-refractivity contribution in [3.63, 3.8) is 0 Å². The molecule has 0 radical (unpaired) electrons. The normalized spacial score (nSPS) is 18.3. The summed E-state index contributed by atoms with van der Waals surface area (Å²) in [4.78, 5) is 15.3. The van der Waals surface area contributed by atoms with Crippen molar-refractivity contribution in [1.82, 2.24) is 15.5 Å². The van der Waals surface area contributed by atoms with Crippen molar-refractivity contribution in [2.75, 3.05) is 13.1 Å². The maximum Gasteiger partial charge on any atom is 0.237 e. The smallest absolute Gasteiger partial charge is 0.237 e. The fourth-order valence-corrected chi connectivity index (χ4v) is 4.38. The first-order chi connectivity index (χ1) is 16.1. The number of halogens is 1. The Balaban J connectivity index is 1.37. The molecule has 0 bridgehead atoms. The van der Waals surface area contributed by atoms with Crippen molar-refractivity contribution >= 4 is 5.91 Å². The number of aromatic hydroxyl groups is 1. The molecule has 172 valence electrons. The lowest BCUT2D eigenvalue weighted by atomic mass is 10.1. The van der Waals surface area contributed by atoms with Crippen LogP contribution in [-0.4, -0.2) is 41.1 Å².